The van der Waals surface area contributed by atoms with E-state index in [-0.39, 0.29) is 6.04 Å². The van der Waals surface area contributed by atoms with E-state index >= 15 is 0 Å². The molecule has 0 saturated carbocycles. The molecular formula is C23H21F3N2S. The number of alkyl halides is 3. The molecule has 0 aliphatic carbocycles. The van der Waals surface area contributed by atoms with Gasteiger partial charge in [-0.1, -0.05) is 54.1 Å². The Hall–Kier alpha value is -2.86. The zero-order valence-corrected chi connectivity index (χ0v) is 16.9. The Morgan fingerprint density at radius 1 is 0.897 bits per heavy atom. The normalized spacial score (nSPS) is 12.3. The number of thiocarbonyl (C=S) groups is 1. The molecule has 0 fully saturated rings. The number of halogens is 3. The van der Waals surface area contributed by atoms with Crippen LogP contribution in [0.5, 0.6) is 0 Å². The highest BCUT2D eigenvalue weighted by Gasteiger charge is 2.30. The van der Waals surface area contributed by atoms with E-state index in [4.69, 9.17) is 12.2 Å². The molecule has 150 valence electrons. The SMILES string of the molecule is Cc1ccc([C@H](NC(=S)Nc2ccc(C(F)(F)F)cc2)c2ccccc2)c(C)c1. The number of rotatable bonds is 4. The minimum Gasteiger partial charge on any atom is -0.352 e. The second-order valence-electron chi connectivity index (χ2n) is 6.88. The summed E-state index contributed by atoms with van der Waals surface area (Å²) in [5, 5.41) is 6.61. The van der Waals surface area contributed by atoms with E-state index in [2.05, 4.69) is 22.8 Å². The van der Waals surface area contributed by atoms with Crippen LogP contribution in [-0.4, -0.2) is 5.11 Å². The predicted molar refractivity (Wildman–Crippen MR) is 115 cm³/mol. The van der Waals surface area contributed by atoms with E-state index in [9.17, 15) is 13.2 Å². The van der Waals surface area contributed by atoms with Crippen molar-refractivity contribution in [2.45, 2.75) is 26.1 Å². The van der Waals surface area contributed by atoms with Crippen LogP contribution in [0.4, 0.5) is 18.9 Å². The van der Waals surface area contributed by atoms with Gasteiger partial charge in [0, 0.05) is 5.69 Å². The maximum atomic E-state index is 12.7. The van der Waals surface area contributed by atoms with Gasteiger partial charge in [-0.25, -0.2) is 0 Å². The van der Waals surface area contributed by atoms with Crippen molar-refractivity contribution in [2.75, 3.05) is 5.32 Å². The van der Waals surface area contributed by atoms with Crippen molar-refractivity contribution in [1.29, 1.82) is 0 Å². The molecule has 2 nitrogen and oxygen atoms in total. The third-order valence-electron chi connectivity index (χ3n) is 4.61. The molecule has 0 amide bonds. The minimum absolute atomic E-state index is 0.189. The summed E-state index contributed by atoms with van der Waals surface area (Å²) >= 11 is 5.44. The molecule has 0 aromatic heterocycles. The van der Waals surface area contributed by atoms with Crippen molar-refractivity contribution < 1.29 is 13.2 Å². The Kier molecular flexibility index (Phi) is 6.23. The monoisotopic (exact) mass is 414 g/mol. The first-order valence-corrected chi connectivity index (χ1v) is 9.52. The molecular weight excluding hydrogens is 393 g/mol. The molecule has 0 saturated heterocycles. The number of aryl methyl sites for hydroxylation is 2. The van der Waals surface area contributed by atoms with Gasteiger partial charge in [-0.2, -0.15) is 13.2 Å². The molecule has 2 N–H and O–H groups in total. The Labute approximate surface area is 173 Å². The van der Waals surface area contributed by atoms with E-state index in [0.717, 1.165) is 28.8 Å². The van der Waals surface area contributed by atoms with Gasteiger partial charge in [-0.3, -0.25) is 0 Å². The highest BCUT2D eigenvalue weighted by molar-refractivity contribution is 7.80. The fraction of sp³-hybridized carbons (Fsp3) is 0.174. The van der Waals surface area contributed by atoms with Crippen molar-refractivity contribution in [3.05, 3.63) is 101 Å². The van der Waals surface area contributed by atoms with E-state index in [0.29, 0.717) is 10.8 Å². The first-order valence-electron chi connectivity index (χ1n) is 9.11. The third kappa shape index (κ3) is 5.35. The van der Waals surface area contributed by atoms with Crippen LogP contribution in [-0.2, 0) is 6.18 Å². The molecule has 0 bridgehead atoms. The average Bonchev–Trinajstić information content (AvgIpc) is 2.67. The van der Waals surface area contributed by atoms with Gasteiger partial charge in [0.25, 0.3) is 0 Å². The van der Waals surface area contributed by atoms with Gasteiger partial charge in [-0.05, 0) is 67.0 Å². The molecule has 0 unspecified atom stereocenters. The fourth-order valence-corrected chi connectivity index (χ4v) is 3.41. The van der Waals surface area contributed by atoms with Crippen LogP contribution in [0.25, 0.3) is 0 Å². The van der Waals surface area contributed by atoms with Crippen LogP contribution in [0.3, 0.4) is 0 Å². The van der Waals surface area contributed by atoms with E-state index in [1.165, 1.54) is 17.7 Å². The Morgan fingerprint density at radius 2 is 1.55 bits per heavy atom. The second kappa shape index (κ2) is 8.66. The molecule has 29 heavy (non-hydrogen) atoms. The van der Waals surface area contributed by atoms with Crippen LogP contribution in [0.15, 0.2) is 72.8 Å². The quantitative estimate of drug-likeness (QED) is 0.483. The first kappa shape index (κ1) is 20.9. The van der Waals surface area contributed by atoms with Crippen LogP contribution < -0.4 is 10.6 Å². The topological polar surface area (TPSA) is 24.1 Å². The molecule has 1 atom stereocenters. The summed E-state index contributed by atoms with van der Waals surface area (Å²) in [5.74, 6) is 0. The molecule has 6 heteroatoms. The van der Waals surface area contributed by atoms with Crippen LogP contribution in [0, 0.1) is 13.8 Å². The van der Waals surface area contributed by atoms with Crippen LogP contribution >= 0.6 is 12.2 Å². The number of hydrogen-bond donors (Lipinski definition) is 2. The molecule has 0 radical (unpaired) electrons. The maximum Gasteiger partial charge on any atom is 0.416 e. The predicted octanol–water partition coefficient (Wildman–Crippen LogP) is 6.40. The fourth-order valence-electron chi connectivity index (χ4n) is 3.18. The van der Waals surface area contributed by atoms with E-state index in [1.807, 2.05) is 50.2 Å². The van der Waals surface area contributed by atoms with Gasteiger partial charge in [0.05, 0.1) is 11.6 Å². The lowest BCUT2D eigenvalue weighted by Gasteiger charge is -2.24. The van der Waals surface area contributed by atoms with Gasteiger partial charge in [0.2, 0.25) is 0 Å². The maximum absolute atomic E-state index is 12.7. The molecule has 3 rings (SSSR count). The summed E-state index contributed by atoms with van der Waals surface area (Å²) in [6.45, 7) is 4.09. The minimum atomic E-state index is -4.36. The lowest BCUT2D eigenvalue weighted by molar-refractivity contribution is -0.137. The third-order valence-corrected chi connectivity index (χ3v) is 4.83. The van der Waals surface area contributed by atoms with Crippen molar-refractivity contribution in [3.8, 4) is 0 Å². The smallest absolute Gasteiger partial charge is 0.352 e. The highest BCUT2D eigenvalue weighted by Crippen LogP contribution is 2.30. The van der Waals surface area contributed by atoms with Crippen LogP contribution in [0.2, 0.25) is 0 Å². The number of anilines is 1. The summed E-state index contributed by atoms with van der Waals surface area (Å²) in [4.78, 5) is 0. The van der Waals surface area contributed by atoms with E-state index < -0.39 is 11.7 Å². The lowest BCUT2D eigenvalue weighted by Crippen LogP contribution is -2.33. The largest absolute Gasteiger partial charge is 0.416 e. The zero-order valence-electron chi connectivity index (χ0n) is 16.0. The second-order valence-corrected chi connectivity index (χ2v) is 7.29. The first-order chi connectivity index (χ1) is 13.7. The van der Waals surface area contributed by atoms with Crippen LogP contribution in [0.1, 0.15) is 33.9 Å². The van der Waals surface area contributed by atoms with Gasteiger partial charge < -0.3 is 10.6 Å². The van der Waals surface area contributed by atoms with Crippen molar-refractivity contribution >= 4 is 23.0 Å². The summed E-state index contributed by atoms with van der Waals surface area (Å²) in [7, 11) is 0. The van der Waals surface area contributed by atoms with Gasteiger partial charge >= 0.3 is 6.18 Å². The van der Waals surface area contributed by atoms with Crippen molar-refractivity contribution in [2.24, 2.45) is 0 Å². The summed E-state index contributed by atoms with van der Waals surface area (Å²) < 4.78 is 38.2. The summed E-state index contributed by atoms with van der Waals surface area (Å²) in [6, 6.07) is 20.7. The van der Waals surface area contributed by atoms with Crippen molar-refractivity contribution in [1.82, 2.24) is 5.32 Å². The molecule has 3 aromatic rings. The zero-order chi connectivity index (χ0) is 21.0. The molecule has 0 aliphatic heterocycles. The Morgan fingerprint density at radius 3 is 2.14 bits per heavy atom. The average molecular weight is 414 g/mol. The standard InChI is InChI=1S/C23H21F3N2S/c1-15-8-13-20(16(2)14-15)21(17-6-4-3-5-7-17)28-22(29)27-19-11-9-18(10-12-19)23(24,25)26/h3-14,21H,1-2H3,(H2,27,28,29)/t21-/m1/s1. The molecule has 0 aliphatic rings. The Bertz CT molecular complexity index is 983. The number of benzene rings is 3. The lowest BCUT2D eigenvalue weighted by atomic mass is 9.94. The number of hydrogen-bond acceptors (Lipinski definition) is 1. The highest BCUT2D eigenvalue weighted by atomic mass is 32.1. The Balaban J connectivity index is 1.81. The molecule has 3 aromatic carbocycles. The molecule has 0 spiro atoms. The van der Waals surface area contributed by atoms with Gasteiger partial charge in [0.1, 0.15) is 0 Å². The van der Waals surface area contributed by atoms with Gasteiger partial charge in [-0.15, -0.1) is 0 Å². The van der Waals surface area contributed by atoms with E-state index in [1.54, 1.807) is 0 Å². The number of nitrogens with one attached hydrogen (secondary N) is 2. The van der Waals surface area contributed by atoms with Gasteiger partial charge in [0.15, 0.2) is 5.11 Å². The molecule has 0 heterocycles. The van der Waals surface area contributed by atoms with Crippen molar-refractivity contribution in [3.63, 3.8) is 0 Å². The summed E-state index contributed by atoms with van der Waals surface area (Å²) in [5.41, 5.74) is 4.21. The summed E-state index contributed by atoms with van der Waals surface area (Å²) in [6.07, 6.45) is -4.36.